The van der Waals surface area contributed by atoms with Crippen molar-refractivity contribution in [3.05, 3.63) is 30.1 Å². The van der Waals surface area contributed by atoms with Gasteiger partial charge in [-0.15, -0.1) is 0 Å². The maximum absolute atomic E-state index is 11.3. The minimum Gasteiger partial charge on any atom is -0.354 e. The van der Waals surface area contributed by atoms with Crippen molar-refractivity contribution >= 4 is 29.5 Å². The third-order valence-electron chi connectivity index (χ3n) is 3.45. The monoisotopic (exact) mass is 261 g/mol. The van der Waals surface area contributed by atoms with Gasteiger partial charge in [0.1, 0.15) is 11.3 Å². The first-order valence-corrected chi connectivity index (χ1v) is 7.19. The molecule has 1 aliphatic heterocycles. The van der Waals surface area contributed by atoms with Crippen LogP contribution in [0, 0.1) is 0 Å². The van der Waals surface area contributed by atoms with Gasteiger partial charge in [-0.2, -0.15) is 11.8 Å². The molecule has 94 valence electrons. The first-order valence-electron chi connectivity index (χ1n) is 6.04. The minimum absolute atomic E-state index is 0.485. The first-order chi connectivity index (χ1) is 8.81. The highest BCUT2D eigenvalue weighted by molar-refractivity contribution is 7.99. The summed E-state index contributed by atoms with van der Waals surface area (Å²) in [5, 5.41) is 0. The van der Waals surface area contributed by atoms with Crippen LogP contribution < -0.4 is 4.90 Å². The quantitative estimate of drug-likeness (QED) is 0.793. The zero-order chi connectivity index (χ0) is 12.5. The lowest BCUT2D eigenvalue weighted by molar-refractivity contribution is 0.111. The van der Waals surface area contributed by atoms with Crippen LogP contribution in [0.25, 0.3) is 5.65 Å². The Morgan fingerprint density at radius 2 is 2.44 bits per heavy atom. The molecule has 1 aliphatic rings. The molecule has 2 aromatic rings. The Morgan fingerprint density at radius 1 is 1.56 bits per heavy atom. The van der Waals surface area contributed by atoms with Crippen LogP contribution in [0.5, 0.6) is 0 Å². The largest absolute Gasteiger partial charge is 0.354 e. The van der Waals surface area contributed by atoms with Crippen LogP contribution in [0.2, 0.25) is 0 Å². The van der Waals surface area contributed by atoms with Crippen molar-refractivity contribution in [2.24, 2.45) is 0 Å². The lowest BCUT2D eigenvalue weighted by Crippen LogP contribution is -2.32. The third-order valence-corrected chi connectivity index (χ3v) is 4.59. The predicted molar refractivity (Wildman–Crippen MR) is 74.7 cm³/mol. The Kier molecular flexibility index (Phi) is 2.99. The smallest absolute Gasteiger partial charge is 0.170 e. The standard InChI is InChI=1S/C13H15N3OS/c1-15(10-5-7-18-9-10)13-11(8-17)16-6-3-2-4-12(16)14-13/h2-4,6,8,10H,5,7,9H2,1H3. The summed E-state index contributed by atoms with van der Waals surface area (Å²) in [5.74, 6) is 3.10. The van der Waals surface area contributed by atoms with Gasteiger partial charge in [-0.3, -0.25) is 9.20 Å². The average Bonchev–Trinajstić information content (AvgIpc) is 3.04. The van der Waals surface area contributed by atoms with Crippen LogP contribution in [0.15, 0.2) is 24.4 Å². The Bertz CT molecular complexity index is 575. The number of carbonyl (C=O) groups excluding carboxylic acids is 1. The molecule has 0 bridgehead atoms. The second-order valence-electron chi connectivity index (χ2n) is 4.50. The van der Waals surface area contributed by atoms with E-state index < -0.39 is 0 Å². The molecule has 3 heterocycles. The molecule has 0 amide bonds. The average molecular weight is 261 g/mol. The molecule has 0 aliphatic carbocycles. The van der Waals surface area contributed by atoms with E-state index in [0.29, 0.717) is 11.7 Å². The van der Waals surface area contributed by atoms with Gasteiger partial charge < -0.3 is 4.90 Å². The molecule has 18 heavy (non-hydrogen) atoms. The van der Waals surface area contributed by atoms with Crippen molar-refractivity contribution in [3.63, 3.8) is 0 Å². The van der Waals surface area contributed by atoms with Crippen molar-refractivity contribution in [2.75, 3.05) is 23.5 Å². The lowest BCUT2D eigenvalue weighted by atomic mass is 10.2. The van der Waals surface area contributed by atoms with E-state index in [0.717, 1.165) is 29.9 Å². The van der Waals surface area contributed by atoms with Gasteiger partial charge in [0.15, 0.2) is 12.1 Å². The van der Waals surface area contributed by atoms with E-state index in [2.05, 4.69) is 9.88 Å². The molecule has 5 heteroatoms. The van der Waals surface area contributed by atoms with Crippen LogP contribution in [-0.4, -0.2) is 40.3 Å². The number of imidazole rings is 1. The molecule has 2 aromatic heterocycles. The number of anilines is 1. The number of fused-ring (bicyclic) bond motifs is 1. The normalized spacial score (nSPS) is 19.3. The van der Waals surface area contributed by atoms with E-state index in [-0.39, 0.29) is 0 Å². The van der Waals surface area contributed by atoms with Gasteiger partial charge in [0.25, 0.3) is 0 Å². The maximum atomic E-state index is 11.3. The number of hydrogen-bond acceptors (Lipinski definition) is 4. The second kappa shape index (κ2) is 4.65. The predicted octanol–water partition coefficient (Wildman–Crippen LogP) is 2.09. The van der Waals surface area contributed by atoms with Gasteiger partial charge in [-0.1, -0.05) is 6.07 Å². The van der Waals surface area contributed by atoms with E-state index in [9.17, 15) is 4.79 Å². The summed E-state index contributed by atoms with van der Waals surface area (Å²) in [6, 6.07) is 6.26. The van der Waals surface area contributed by atoms with Crippen LogP contribution >= 0.6 is 11.8 Å². The Labute approximate surface area is 110 Å². The molecule has 1 atom stereocenters. The highest BCUT2D eigenvalue weighted by Crippen LogP contribution is 2.27. The highest BCUT2D eigenvalue weighted by atomic mass is 32.2. The summed E-state index contributed by atoms with van der Waals surface area (Å²) in [6.45, 7) is 0. The molecule has 0 N–H and O–H groups in total. The molecule has 0 saturated carbocycles. The van der Waals surface area contributed by atoms with E-state index in [1.54, 1.807) is 0 Å². The number of aldehydes is 1. The van der Waals surface area contributed by atoms with Crippen molar-refractivity contribution in [1.29, 1.82) is 0 Å². The maximum Gasteiger partial charge on any atom is 0.170 e. The van der Waals surface area contributed by atoms with Crippen molar-refractivity contribution in [2.45, 2.75) is 12.5 Å². The van der Waals surface area contributed by atoms with Crippen LogP contribution in [0.1, 0.15) is 16.9 Å². The zero-order valence-corrected chi connectivity index (χ0v) is 11.1. The van der Waals surface area contributed by atoms with Crippen molar-refractivity contribution in [3.8, 4) is 0 Å². The third kappa shape index (κ3) is 1.79. The summed E-state index contributed by atoms with van der Waals surface area (Å²) in [7, 11) is 2.03. The van der Waals surface area contributed by atoms with Gasteiger partial charge in [0, 0.05) is 25.0 Å². The molecule has 3 rings (SSSR count). The number of carbonyl (C=O) groups is 1. The Hall–Kier alpha value is -1.49. The zero-order valence-electron chi connectivity index (χ0n) is 10.2. The fourth-order valence-electron chi connectivity index (χ4n) is 2.37. The molecule has 0 spiro atoms. The highest BCUT2D eigenvalue weighted by Gasteiger charge is 2.24. The van der Waals surface area contributed by atoms with E-state index in [4.69, 9.17) is 0 Å². The van der Waals surface area contributed by atoms with Gasteiger partial charge in [0.05, 0.1) is 0 Å². The van der Waals surface area contributed by atoms with Crippen molar-refractivity contribution in [1.82, 2.24) is 9.38 Å². The summed E-state index contributed by atoms with van der Waals surface area (Å²) < 4.78 is 1.85. The lowest BCUT2D eigenvalue weighted by Gasteiger charge is -2.23. The van der Waals surface area contributed by atoms with E-state index in [1.807, 2.05) is 47.6 Å². The number of pyridine rings is 1. The number of rotatable bonds is 3. The van der Waals surface area contributed by atoms with Gasteiger partial charge in [-0.05, 0) is 24.3 Å². The van der Waals surface area contributed by atoms with Gasteiger partial charge in [0.2, 0.25) is 0 Å². The summed E-state index contributed by atoms with van der Waals surface area (Å²) >= 11 is 1.96. The summed E-state index contributed by atoms with van der Waals surface area (Å²) in [6.07, 6.45) is 3.94. The van der Waals surface area contributed by atoms with Crippen LogP contribution in [0.3, 0.4) is 0 Å². The van der Waals surface area contributed by atoms with E-state index in [1.165, 1.54) is 5.75 Å². The van der Waals surface area contributed by atoms with E-state index >= 15 is 0 Å². The molecule has 0 aromatic carbocycles. The van der Waals surface area contributed by atoms with Crippen molar-refractivity contribution < 1.29 is 4.79 Å². The van der Waals surface area contributed by atoms with Crippen LogP contribution in [-0.2, 0) is 0 Å². The minimum atomic E-state index is 0.485. The number of nitrogens with zero attached hydrogens (tertiary/aromatic N) is 3. The number of thioether (sulfide) groups is 1. The fourth-order valence-corrected chi connectivity index (χ4v) is 3.64. The summed E-state index contributed by atoms with van der Waals surface area (Å²) in [4.78, 5) is 18.1. The van der Waals surface area contributed by atoms with Gasteiger partial charge >= 0.3 is 0 Å². The topological polar surface area (TPSA) is 37.6 Å². The number of aromatic nitrogens is 2. The number of hydrogen-bond donors (Lipinski definition) is 0. The molecule has 1 saturated heterocycles. The molecule has 1 fully saturated rings. The Balaban J connectivity index is 2.07. The Morgan fingerprint density at radius 3 is 3.17 bits per heavy atom. The van der Waals surface area contributed by atoms with Crippen LogP contribution in [0.4, 0.5) is 5.82 Å². The molecule has 0 radical (unpaired) electrons. The van der Waals surface area contributed by atoms with Gasteiger partial charge in [-0.25, -0.2) is 4.98 Å². The SMILES string of the molecule is CN(c1nc2ccccn2c1C=O)C1CCSC1. The fraction of sp³-hybridized carbons (Fsp3) is 0.385. The molecular formula is C13H15N3OS. The molecule has 1 unspecified atom stereocenters. The molecular weight excluding hydrogens is 246 g/mol. The molecule has 4 nitrogen and oxygen atoms in total. The summed E-state index contributed by atoms with van der Waals surface area (Å²) in [5.41, 5.74) is 1.47. The second-order valence-corrected chi connectivity index (χ2v) is 5.65. The first kappa shape index (κ1) is 11.6.